The van der Waals surface area contributed by atoms with E-state index in [1.807, 2.05) is 32.0 Å². The highest BCUT2D eigenvalue weighted by molar-refractivity contribution is 5.74. The Labute approximate surface area is 128 Å². The van der Waals surface area contributed by atoms with Gasteiger partial charge in [-0.05, 0) is 31.5 Å². The van der Waals surface area contributed by atoms with Crippen molar-refractivity contribution in [2.45, 2.75) is 13.8 Å². The molecule has 5 nitrogen and oxygen atoms in total. The van der Waals surface area contributed by atoms with Crippen LogP contribution in [-0.4, -0.2) is 15.0 Å². The molecule has 0 radical (unpaired) electrons. The molecule has 0 aliphatic heterocycles. The predicted octanol–water partition coefficient (Wildman–Crippen LogP) is 3.01. The molecule has 5 heteroatoms. The summed E-state index contributed by atoms with van der Waals surface area (Å²) < 4.78 is 1.51. The molecule has 0 amide bonds. The van der Waals surface area contributed by atoms with Crippen LogP contribution in [0.1, 0.15) is 16.7 Å². The smallest absolute Gasteiger partial charge is 0.155 e. The molecular weight excluding hydrogens is 274 g/mol. The largest absolute Gasteiger partial charge is 0.382 e. The third-order valence-electron chi connectivity index (χ3n) is 3.59. The zero-order chi connectivity index (χ0) is 15.7. The Morgan fingerprint density at radius 1 is 1.14 bits per heavy atom. The number of anilines is 1. The summed E-state index contributed by atoms with van der Waals surface area (Å²) in [4.78, 5) is 0. The van der Waals surface area contributed by atoms with Crippen LogP contribution in [0.4, 0.5) is 5.82 Å². The normalized spacial score (nSPS) is 10.4. The van der Waals surface area contributed by atoms with Crippen LogP contribution in [0.2, 0.25) is 0 Å². The van der Waals surface area contributed by atoms with Crippen molar-refractivity contribution >= 4 is 5.82 Å². The Balaban J connectivity index is 2.16. The van der Waals surface area contributed by atoms with Gasteiger partial charge in [0, 0.05) is 5.56 Å². The summed E-state index contributed by atoms with van der Waals surface area (Å²) in [7, 11) is 0. The van der Waals surface area contributed by atoms with Crippen molar-refractivity contribution < 1.29 is 0 Å². The van der Waals surface area contributed by atoms with Crippen molar-refractivity contribution in [2.75, 3.05) is 5.73 Å². The van der Waals surface area contributed by atoms with E-state index < -0.39 is 0 Å². The Kier molecular flexibility index (Phi) is 3.36. The van der Waals surface area contributed by atoms with Gasteiger partial charge in [-0.25, -0.2) is 0 Å². The molecule has 108 valence electrons. The molecule has 2 N–H and O–H groups in total. The second-order valence-electron chi connectivity index (χ2n) is 5.18. The van der Waals surface area contributed by atoms with Crippen LogP contribution >= 0.6 is 0 Å². The number of benzene rings is 2. The van der Waals surface area contributed by atoms with Crippen LogP contribution in [0.25, 0.3) is 16.9 Å². The molecule has 1 aromatic heterocycles. The van der Waals surface area contributed by atoms with Crippen LogP contribution in [0.5, 0.6) is 0 Å². The maximum absolute atomic E-state index is 9.22. The monoisotopic (exact) mass is 289 g/mol. The van der Waals surface area contributed by atoms with Gasteiger partial charge in [0.15, 0.2) is 5.82 Å². The number of nitrogen functional groups attached to an aromatic ring is 1. The molecule has 0 atom stereocenters. The van der Waals surface area contributed by atoms with Gasteiger partial charge in [-0.15, -0.1) is 5.10 Å². The number of aryl methyl sites for hydroxylation is 2. The Morgan fingerprint density at radius 2 is 1.91 bits per heavy atom. The Morgan fingerprint density at radius 3 is 2.64 bits per heavy atom. The van der Waals surface area contributed by atoms with Crippen molar-refractivity contribution in [3.8, 4) is 23.0 Å². The second kappa shape index (κ2) is 5.34. The fourth-order valence-electron chi connectivity index (χ4n) is 2.49. The van der Waals surface area contributed by atoms with Crippen LogP contribution in [0.15, 0.2) is 42.5 Å². The highest BCUT2D eigenvalue weighted by Crippen LogP contribution is 2.29. The lowest BCUT2D eigenvalue weighted by Crippen LogP contribution is -2.04. The summed E-state index contributed by atoms with van der Waals surface area (Å²) in [6, 6.07) is 15.4. The first-order valence-corrected chi connectivity index (χ1v) is 6.90. The summed E-state index contributed by atoms with van der Waals surface area (Å²) >= 11 is 0. The summed E-state index contributed by atoms with van der Waals surface area (Å²) in [5.41, 5.74) is 11.2. The maximum Gasteiger partial charge on any atom is 0.155 e. The minimum Gasteiger partial charge on any atom is -0.382 e. The lowest BCUT2D eigenvalue weighted by molar-refractivity contribution is 0.808. The zero-order valence-corrected chi connectivity index (χ0v) is 12.4. The highest BCUT2D eigenvalue weighted by Gasteiger charge is 2.16. The van der Waals surface area contributed by atoms with E-state index in [9.17, 15) is 5.26 Å². The van der Waals surface area contributed by atoms with Crippen molar-refractivity contribution in [2.24, 2.45) is 0 Å². The van der Waals surface area contributed by atoms with E-state index in [1.165, 1.54) is 10.2 Å². The molecule has 0 aliphatic carbocycles. The lowest BCUT2D eigenvalue weighted by atomic mass is 10.0. The molecule has 3 rings (SSSR count). The minimum absolute atomic E-state index is 0.426. The van der Waals surface area contributed by atoms with Crippen molar-refractivity contribution in [1.29, 1.82) is 5.26 Å². The van der Waals surface area contributed by atoms with Gasteiger partial charge in [0.1, 0.15) is 11.8 Å². The van der Waals surface area contributed by atoms with Gasteiger partial charge < -0.3 is 5.73 Å². The molecule has 22 heavy (non-hydrogen) atoms. The van der Waals surface area contributed by atoms with Gasteiger partial charge in [-0.3, -0.25) is 0 Å². The molecule has 0 saturated heterocycles. The number of rotatable bonds is 2. The molecule has 2 aromatic carbocycles. The Bertz CT molecular complexity index is 886. The first-order chi connectivity index (χ1) is 10.6. The molecule has 0 aliphatic rings. The second-order valence-corrected chi connectivity index (χ2v) is 5.18. The van der Waals surface area contributed by atoms with Gasteiger partial charge >= 0.3 is 0 Å². The molecule has 1 heterocycles. The van der Waals surface area contributed by atoms with E-state index in [1.54, 1.807) is 18.2 Å². The summed E-state index contributed by atoms with van der Waals surface area (Å²) in [5, 5.41) is 17.5. The number of nitrogens with two attached hydrogens (primary N) is 1. The molecular formula is C17H15N5. The van der Waals surface area contributed by atoms with E-state index in [2.05, 4.69) is 22.4 Å². The van der Waals surface area contributed by atoms with Crippen molar-refractivity contribution in [1.82, 2.24) is 15.0 Å². The number of hydrogen-bond acceptors (Lipinski definition) is 4. The molecule has 0 spiro atoms. The SMILES string of the molecule is Cc1ccc(-c2nnn(-c3ccccc3C#N)c2N)c(C)c1. The Hall–Kier alpha value is -3.13. The number of hydrogen-bond donors (Lipinski definition) is 1. The first kappa shape index (κ1) is 13.8. The fraction of sp³-hybridized carbons (Fsp3) is 0.118. The fourth-order valence-corrected chi connectivity index (χ4v) is 2.49. The van der Waals surface area contributed by atoms with Crippen LogP contribution in [0.3, 0.4) is 0 Å². The summed E-state index contributed by atoms with van der Waals surface area (Å²) in [5.74, 6) is 0.426. The van der Waals surface area contributed by atoms with Gasteiger partial charge in [-0.2, -0.15) is 9.94 Å². The summed E-state index contributed by atoms with van der Waals surface area (Å²) in [6.07, 6.45) is 0. The average molecular weight is 289 g/mol. The summed E-state index contributed by atoms with van der Waals surface area (Å²) in [6.45, 7) is 4.06. The van der Waals surface area contributed by atoms with E-state index in [0.717, 1.165) is 11.1 Å². The number of aromatic nitrogens is 3. The average Bonchev–Trinajstić information content (AvgIpc) is 2.89. The molecule has 0 bridgehead atoms. The molecule has 0 unspecified atom stereocenters. The van der Waals surface area contributed by atoms with Gasteiger partial charge in [0.2, 0.25) is 0 Å². The van der Waals surface area contributed by atoms with Crippen LogP contribution in [-0.2, 0) is 0 Å². The highest BCUT2D eigenvalue weighted by atomic mass is 15.5. The third-order valence-corrected chi connectivity index (χ3v) is 3.59. The topological polar surface area (TPSA) is 80.5 Å². The van der Waals surface area contributed by atoms with Gasteiger partial charge in [0.25, 0.3) is 0 Å². The van der Waals surface area contributed by atoms with E-state index in [0.29, 0.717) is 22.8 Å². The quantitative estimate of drug-likeness (QED) is 0.786. The number of nitriles is 1. The standard InChI is InChI=1S/C17H15N5/c1-11-7-8-14(12(2)9-11)16-17(19)22(21-20-16)15-6-4-3-5-13(15)10-18/h3-9H,19H2,1-2H3. The van der Waals surface area contributed by atoms with E-state index in [4.69, 9.17) is 5.73 Å². The lowest BCUT2D eigenvalue weighted by Gasteiger charge is -2.07. The van der Waals surface area contributed by atoms with Gasteiger partial charge in [0.05, 0.1) is 11.3 Å². The predicted molar refractivity (Wildman–Crippen MR) is 85.4 cm³/mol. The number of nitrogens with zero attached hydrogens (tertiary/aromatic N) is 4. The van der Waals surface area contributed by atoms with Crippen LogP contribution in [0, 0.1) is 25.2 Å². The van der Waals surface area contributed by atoms with Crippen molar-refractivity contribution in [3.63, 3.8) is 0 Å². The van der Waals surface area contributed by atoms with Crippen molar-refractivity contribution in [3.05, 3.63) is 59.2 Å². The van der Waals surface area contributed by atoms with E-state index >= 15 is 0 Å². The zero-order valence-electron chi connectivity index (χ0n) is 12.4. The molecule has 0 saturated carbocycles. The molecule has 0 fully saturated rings. The van der Waals surface area contributed by atoms with Gasteiger partial charge in [-0.1, -0.05) is 41.1 Å². The van der Waals surface area contributed by atoms with Crippen LogP contribution < -0.4 is 5.73 Å². The maximum atomic E-state index is 9.22. The molecule has 3 aromatic rings. The number of para-hydroxylation sites is 1. The van der Waals surface area contributed by atoms with E-state index in [-0.39, 0.29) is 0 Å². The third kappa shape index (κ3) is 2.21. The first-order valence-electron chi connectivity index (χ1n) is 6.90. The minimum atomic E-state index is 0.426.